The van der Waals surface area contributed by atoms with E-state index in [0.29, 0.717) is 11.4 Å². The van der Waals surface area contributed by atoms with Gasteiger partial charge in [-0.15, -0.1) is 0 Å². The first-order valence-electron chi connectivity index (χ1n) is 7.71. The third-order valence-corrected chi connectivity index (χ3v) is 4.98. The largest absolute Gasteiger partial charge is 0.339 e. The first-order valence-corrected chi connectivity index (χ1v) is 8.50. The molecular formula is C17H14BrF3N4. The number of aliphatic imine (C=N–C) groups is 1. The normalized spacial score (nSPS) is 24.8. The van der Waals surface area contributed by atoms with Crippen LogP contribution in [0.25, 0.3) is 0 Å². The van der Waals surface area contributed by atoms with Gasteiger partial charge in [-0.05, 0) is 23.8 Å². The van der Waals surface area contributed by atoms with Gasteiger partial charge in [0.05, 0.1) is 19.4 Å². The lowest BCUT2D eigenvalue weighted by Crippen LogP contribution is -2.50. The lowest BCUT2D eigenvalue weighted by atomic mass is 9.82. The Morgan fingerprint density at radius 1 is 1.24 bits per heavy atom. The molecule has 3 heterocycles. The average molecular weight is 411 g/mol. The Morgan fingerprint density at radius 3 is 2.84 bits per heavy atom. The summed E-state index contributed by atoms with van der Waals surface area (Å²) < 4.78 is 43.0. The van der Waals surface area contributed by atoms with Crippen molar-refractivity contribution in [1.82, 2.24) is 15.2 Å². The highest BCUT2D eigenvalue weighted by molar-refractivity contribution is 9.10. The molecule has 0 aliphatic carbocycles. The molecule has 130 valence electrons. The number of amidine groups is 1. The second kappa shape index (κ2) is 5.81. The fourth-order valence-corrected chi connectivity index (χ4v) is 3.88. The first-order chi connectivity index (χ1) is 11.9. The highest BCUT2D eigenvalue weighted by Gasteiger charge is 2.52. The van der Waals surface area contributed by atoms with Gasteiger partial charge in [0.25, 0.3) is 5.92 Å². The molecule has 0 saturated carbocycles. The summed E-state index contributed by atoms with van der Waals surface area (Å²) in [6, 6.07) is 8.90. The minimum Gasteiger partial charge on any atom is -0.339 e. The van der Waals surface area contributed by atoms with Gasteiger partial charge in [-0.2, -0.15) is 0 Å². The van der Waals surface area contributed by atoms with Crippen LogP contribution in [0, 0.1) is 5.82 Å². The van der Waals surface area contributed by atoms with E-state index >= 15 is 0 Å². The van der Waals surface area contributed by atoms with Gasteiger partial charge in [-0.3, -0.25) is 15.3 Å². The van der Waals surface area contributed by atoms with E-state index in [9.17, 15) is 13.2 Å². The molecule has 1 aromatic heterocycles. The van der Waals surface area contributed by atoms with Crippen molar-refractivity contribution in [3.05, 3.63) is 64.1 Å². The topological polar surface area (TPSA) is 40.5 Å². The predicted molar refractivity (Wildman–Crippen MR) is 91.1 cm³/mol. The number of aromatic nitrogens is 1. The molecule has 2 aliphatic rings. The fraction of sp³-hybridized carbons (Fsp3) is 0.294. The van der Waals surface area contributed by atoms with Gasteiger partial charge < -0.3 is 4.90 Å². The molecule has 4 nitrogen and oxygen atoms in total. The zero-order chi connectivity index (χ0) is 17.7. The molecule has 0 bridgehead atoms. The smallest absolute Gasteiger partial charge is 0.284 e. The van der Waals surface area contributed by atoms with Crippen molar-refractivity contribution in [2.45, 2.75) is 11.5 Å². The summed E-state index contributed by atoms with van der Waals surface area (Å²) in [5, 5.41) is 3.22. The Morgan fingerprint density at radius 2 is 2.08 bits per heavy atom. The van der Waals surface area contributed by atoms with Crippen LogP contribution in [0.5, 0.6) is 0 Å². The van der Waals surface area contributed by atoms with E-state index in [2.05, 4.69) is 31.2 Å². The highest BCUT2D eigenvalue weighted by atomic mass is 79.9. The van der Waals surface area contributed by atoms with Crippen molar-refractivity contribution in [1.29, 1.82) is 0 Å². The monoisotopic (exact) mass is 410 g/mol. The van der Waals surface area contributed by atoms with Crippen LogP contribution >= 0.6 is 15.9 Å². The number of halogens is 4. The van der Waals surface area contributed by atoms with Crippen LogP contribution in [0.2, 0.25) is 0 Å². The summed E-state index contributed by atoms with van der Waals surface area (Å²) in [5.74, 6) is -3.01. The third-order valence-electron chi connectivity index (χ3n) is 4.49. The molecule has 2 aliphatic heterocycles. The van der Waals surface area contributed by atoms with Crippen molar-refractivity contribution in [2.75, 3.05) is 19.8 Å². The van der Waals surface area contributed by atoms with Crippen LogP contribution in [0.1, 0.15) is 11.1 Å². The molecule has 1 aromatic carbocycles. The number of rotatable bonds is 2. The number of nitrogens with zero attached hydrogens (tertiary/aromatic N) is 3. The van der Waals surface area contributed by atoms with Crippen LogP contribution in [-0.2, 0) is 5.54 Å². The molecule has 0 amide bonds. The van der Waals surface area contributed by atoms with Crippen LogP contribution in [0.15, 0.2) is 52.2 Å². The fourth-order valence-electron chi connectivity index (χ4n) is 3.48. The van der Waals surface area contributed by atoms with E-state index in [0.717, 1.165) is 16.2 Å². The number of hydrogen-bond acceptors (Lipinski definition) is 4. The summed E-state index contributed by atoms with van der Waals surface area (Å²) in [6.07, 6.45) is 2.61. The van der Waals surface area contributed by atoms with Crippen molar-refractivity contribution in [3.8, 4) is 0 Å². The third kappa shape index (κ3) is 2.64. The van der Waals surface area contributed by atoms with Gasteiger partial charge in [-0.25, -0.2) is 13.2 Å². The maximum Gasteiger partial charge on any atom is 0.284 e. The Bertz CT molecular complexity index is 857. The Labute approximate surface area is 150 Å². The molecule has 1 atom stereocenters. The van der Waals surface area contributed by atoms with E-state index in [4.69, 9.17) is 0 Å². The lowest BCUT2D eigenvalue weighted by molar-refractivity contribution is -0.0136. The number of fused-ring (bicyclic) bond motifs is 1. The van der Waals surface area contributed by atoms with Gasteiger partial charge in [0, 0.05) is 16.2 Å². The number of hydrogen-bond donors (Lipinski definition) is 1. The summed E-state index contributed by atoms with van der Waals surface area (Å²) in [4.78, 5) is 9.43. The van der Waals surface area contributed by atoms with Gasteiger partial charge in [-0.1, -0.05) is 28.1 Å². The van der Waals surface area contributed by atoms with Crippen LogP contribution in [0.3, 0.4) is 0 Å². The second-order valence-electron chi connectivity index (χ2n) is 6.14. The van der Waals surface area contributed by atoms with Crippen molar-refractivity contribution in [3.63, 3.8) is 0 Å². The molecule has 1 unspecified atom stereocenters. The number of benzene rings is 1. The lowest BCUT2D eigenvalue weighted by Gasteiger charge is -2.35. The molecule has 0 radical (unpaired) electrons. The zero-order valence-corrected chi connectivity index (χ0v) is 14.6. The Balaban J connectivity index is 1.96. The minimum atomic E-state index is -2.89. The first kappa shape index (κ1) is 16.5. The molecule has 1 fully saturated rings. The zero-order valence-electron chi connectivity index (χ0n) is 13.0. The molecule has 2 aromatic rings. The van der Waals surface area contributed by atoms with Crippen molar-refractivity contribution >= 4 is 21.8 Å². The summed E-state index contributed by atoms with van der Waals surface area (Å²) in [5.41, 5.74) is -0.0988. The molecule has 8 heteroatoms. The Hall–Kier alpha value is -1.93. The van der Waals surface area contributed by atoms with Crippen molar-refractivity contribution < 1.29 is 13.2 Å². The maximum atomic E-state index is 14.6. The molecule has 1 saturated heterocycles. The van der Waals surface area contributed by atoms with E-state index in [1.807, 2.05) is 24.3 Å². The standard InChI is InChI=1S/C17H14BrF3N4/c18-12-3-1-2-11(6-12)17(13-4-5-22-7-14(13)19)15-23-8-16(20,21)9-25(15)10-24-17/h1-7,24H,8-10H2. The number of alkyl halides is 2. The van der Waals surface area contributed by atoms with E-state index in [-0.39, 0.29) is 6.67 Å². The molecule has 0 spiro atoms. The van der Waals surface area contributed by atoms with Gasteiger partial charge >= 0.3 is 0 Å². The number of nitrogens with one attached hydrogen (secondary N) is 1. The summed E-state index contributed by atoms with van der Waals surface area (Å²) >= 11 is 3.42. The quantitative estimate of drug-likeness (QED) is 0.826. The SMILES string of the molecule is Fc1cnccc1C1(c2cccc(Br)c2)NCN2CC(F)(F)CN=C21. The van der Waals surface area contributed by atoms with E-state index in [1.165, 1.54) is 11.1 Å². The maximum absolute atomic E-state index is 14.6. The van der Waals surface area contributed by atoms with Crippen molar-refractivity contribution in [2.24, 2.45) is 4.99 Å². The van der Waals surface area contributed by atoms with Gasteiger partial charge in [0.15, 0.2) is 0 Å². The Kier molecular flexibility index (Phi) is 3.84. The molecular weight excluding hydrogens is 397 g/mol. The molecule has 25 heavy (non-hydrogen) atoms. The minimum absolute atomic E-state index is 0.155. The average Bonchev–Trinajstić information content (AvgIpc) is 2.93. The summed E-state index contributed by atoms with van der Waals surface area (Å²) in [7, 11) is 0. The van der Waals surface area contributed by atoms with Gasteiger partial charge in [0.1, 0.15) is 23.7 Å². The second-order valence-corrected chi connectivity index (χ2v) is 7.06. The number of pyridine rings is 1. The highest BCUT2D eigenvalue weighted by Crippen LogP contribution is 2.40. The van der Waals surface area contributed by atoms with Crippen LogP contribution < -0.4 is 5.32 Å². The van der Waals surface area contributed by atoms with E-state index in [1.54, 1.807) is 6.07 Å². The van der Waals surface area contributed by atoms with Crippen LogP contribution in [-0.4, -0.2) is 41.4 Å². The predicted octanol–water partition coefficient (Wildman–Crippen LogP) is 3.14. The molecule has 1 N–H and O–H groups in total. The van der Waals surface area contributed by atoms with Crippen LogP contribution in [0.4, 0.5) is 13.2 Å². The van der Waals surface area contributed by atoms with Gasteiger partial charge in [0.2, 0.25) is 0 Å². The molecule has 4 rings (SSSR count). The van der Waals surface area contributed by atoms with E-state index < -0.39 is 30.4 Å². The summed E-state index contributed by atoms with van der Waals surface area (Å²) in [6.45, 7) is -0.896.